The number of hydrogen-bond donors (Lipinski definition) is 1. The van der Waals surface area contributed by atoms with Gasteiger partial charge in [0.2, 0.25) is 0 Å². The van der Waals surface area contributed by atoms with Gasteiger partial charge in [0, 0.05) is 34.9 Å². The van der Waals surface area contributed by atoms with Crippen LogP contribution < -0.4 is 5.73 Å². The molecule has 2 N–H and O–H groups in total. The largest absolute Gasteiger partial charge is 0.398 e. The van der Waals surface area contributed by atoms with Crippen LogP contribution in [0.3, 0.4) is 0 Å². The van der Waals surface area contributed by atoms with E-state index in [4.69, 9.17) is 5.73 Å². The highest BCUT2D eigenvalue weighted by molar-refractivity contribution is 9.10. The van der Waals surface area contributed by atoms with Crippen molar-refractivity contribution in [2.45, 2.75) is 12.8 Å². The summed E-state index contributed by atoms with van der Waals surface area (Å²) in [6.45, 7) is 0. The summed E-state index contributed by atoms with van der Waals surface area (Å²) in [5.41, 5.74) is 8.93. The minimum absolute atomic E-state index is 0.804. The van der Waals surface area contributed by atoms with E-state index in [-0.39, 0.29) is 0 Å². The Bertz CT molecular complexity index is 485. The first-order chi connectivity index (χ1) is 7.75. The summed E-state index contributed by atoms with van der Waals surface area (Å²) in [4.78, 5) is 8.20. The number of nitrogens with two attached hydrogens (primary N) is 1. The Hall–Kier alpha value is -1.42. The van der Waals surface area contributed by atoms with Gasteiger partial charge in [-0.25, -0.2) is 0 Å². The number of rotatable bonds is 3. The van der Waals surface area contributed by atoms with E-state index >= 15 is 0 Å². The maximum atomic E-state index is 5.85. The molecule has 16 heavy (non-hydrogen) atoms. The second-order valence-corrected chi connectivity index (χ2v) is 4.50. The third-order valence-electron chi connectivity index (χ3n) is 2.39. The van der Waals surface area contributed by atoms with Gasteiger partial charge in [-0.05, 0) is 52.0 Å². The monoisotopic (exact) mass is 277 g/mol. The molecule has 0 spiro atoms. The predicted octanol–water partition coefficient (Wildman–Crippen LogP) is 2.61. The van der Waals surface area contributed by atoms with Gasteiger partial charge < -0.3 is 5.73 Å². The molecular formula is C12H12BrN3. The molecule has 82 valence electrons. The van der Waals surface area contributed by atoms with E-state index in [1.54, 1.807) is 12.4 Å². The van der Waals surface area contributed by atoms with Crippen molar-refractivity contribution < 1.29 is 0 Å². The maximum Gasteiger partial charge on any atom is 0.0410 e. The summed E-state index contributed by atoms with van der Waals surface area (Å²) in [6.07, 6.45) is 8.99. The standard InChI is InChI=1S/C12H12BrN3/c13-11-5-9(6-16-8-11)1-2-10-7-15-4-3-12(10)14/h3-8H,1-2H2,(H2,14,15). The lowest BCUT2D eigenvalue weighted by Crippen LogP contribution is -1.98. The molecule has 0 aromatic carbocycles. The topological polar surface area (TPSA) is 51.8 Å². The number of hydrogen-bond acceptors (Lipinski definition) is 3. The minimum atomic E-state index is 0.804. The van der Waals surface area contributed by atoms with Gasteiger partial charge >= 0.3 is 0 Å². The van der Waals surface area contributed by atoms with E-state index in [9.17, 15) is 0 Å². The van der Waals surface area contributed by atoms with Crippen LogP contribution in [0.5, 0.6) is 0 Å². The number of pyridine rings is 2. The van der Waals surface area contributed by atoms with Gasteiger partial charge in [0.1, 0.15) is 0 Å². The Labute approximate surface area is 103 Å². The van der Waals surface area contributed by atoms with Crippen LogP contribution >= 0.6 is 15.9 Å². The van der Waals surface area contributed by atoms with Crippen molar-refractivity contribution >= 4 is 21.6 Å². The molecule has 0 saturated carbocycles. The van der Waals surface area contributed by atoms with E-state index < -0.39 is 0 Å². The highest BCUT2D eigenvalue weighted by atomic mass is 79.9. The second-order valence-electron chi connectivity index (χ2n) is 3.59. The van der Waals surface area contributed by atoms with Gasteiger partial charge in [0.05, 0.1) is 0 Å². The van der Waals surface area contributed by atoms with Gasteiger partial charge in [-0.15, -0.1) is 0 Å². The fourth-order valence-electron chi connectivity index (χ4n) is 1.52. The first-order valence-corrected chi connectivity index (χ1v) is 5.83. The van der Waals surface area contributed by atoms with E-state index in [0.717, 1.165) is 28.6 Å². The molecule has 0 amide bonds. The molecule has 0 radical (unpaired) electrons. The zero-order valence-electron chi connectivity index (χ0n) is 8.73. The molecule has 0 saturated heterocycles. The van der Waals surface area contributed by atoms with Crippen molar-refractivity contribution in [3.63, 3.8) is 0 Å². The van der Waals surface area contributed by atoms with Crippen LogP contribution in [-0.4, -0.2) is 9.97 Å². The van der Waals surface area contributed by atoms with Crippen molar-refractivity contribution in [1.29, 1.82) is 0 Å². The summed E-state index contributed by atoms with van der Waals surface area (Å²) in [5, 5.41) is 0. The van der Waals surface area contributed by atoms with Crippen LogP contribution in [-0.2, 0) is 12.8 Å². The molecule has 0 atom stereocenters. The van der Waals surface area contributed by atoms with Gasteiger partial charge in [-0.2, -0.15) is 0 Å². The quantitative estimate of drug-likeness (QED) is 0.938. The van der Waals surface area contributed by atoms with E-state index in [1.807, 2.05) is 18.5 Å². The Morgan fingerprint density at radius 2 is 2.00 bits per heavy atom. The lowest BCUT2D eigenvalue weighted by atomic mass is 10.1. The molecule has 0 aliphatic rings. The van der Waals surface area contributed by atoms with Gasteiger partial charge in [0.15, 0.2) is 0 Å². The van der Waals surface area contributed by atoms with Gasteiger partial charge in [-0.3, -0.25) is 9.97 Å². The Kier molecular flexibility index (Phi) is 3.51. The first kappa shape index (κ1) is 11.1. The number of anilines is 1. The van der Waals surface area contributed by atoms with Crippen molar-refractivity contribution in [2.24, 2.45) is 0 Å². The van der Waals surface area contributed by atoms with Crippen molar-refractivity contribution in [3.8, 4) is 0 Å². The zero-order chi connectivity index (χ0) is 11.4. The fourth-order valence-corrected chi connectivity index (χ4v) is 1.93. The molecule has 0 fully saturated rings. The third-order valence-corrected chi connectivity index (χ3v) is 2.82. The number of nitrogens with zero attached hydrogens (tertiary/aromatic N) is 2. The molecule has 4 heteroatoms. The second kappa shape index (κ2) is 5.07. The number of aromatic nitrogens is 2. The zero-order valence-corrected chi connectivity index (χ0v) is 10.3. The molecule has 2 rings (SSSR count). The molecule has 0 bridgehead atoms. The van der Waals surface area contributed by atoms with Crippen LogP contribution in [0.1, 0.15) is 11.1 Å². The van der Waals surface area contributed by atoms with Crippen LogP contribution in [0, 0.1) is 0 Å². The van der Waals surface area contributed by atoms with Crippen molar-refractivity contribution in [1.82, 2.24) is 9.97 Å². The Morgan fingerprint density at radius 3 is 2.75 bits per heavy atom. The van der Waals surface area contributed by atoms with E-state index in [2.05, 4.69) is 32.0 Å². The minimum Gasteiger partial charge on any atom is -0.398 e. The summed E-state index contributed by atoms with van der Waals surface area (Å²) >= 11 is 3.40. The molecular weight excluding hydrogens is 266 g/mol. The highest BCUT2D eigenvalue weighted by Crippen LogP contribution is 2.14. The lowest BCUT2D eigenvalue weighted by molar-refractivity contribution is 0.942. The van der Waals surface area contributed by atoms with Crippen molar-refractivity contribution in [3.05, 3.63) is 52.5 Å². The fraction of sp³-hybridized carbons (Fsp3) is 0.167. The van der Waals surface area contributed by atoms with Crippen LogP contribution in [0.2, 0.25) is 0 Å². The molecule has 2 heterocycles. The Balaban J connectivity index is 2.05. The first-order valence-electron chi connectivity index (χ1n) is 5.03. The highest BCUT2D eigenvalue weighted by Gasteiger charge is 2.00. The van der Waals surface area contributed by atoms with E-state index in [0.29, 0.717) is 0 Å². The summed E-state index contributed by atoms with van der Waals surface area (Å²) in [6, 6.07) is 3.90. The molecule has 0 aliphatic carbocycles. The smallest absolute Gasteiger partial charge is 0.0410 e. The molecule has 0 unspecified atom stereocenters. The van der Waals surface area contributed by atoms with Crippen LogP contribution in [0.15, 0.2) is 41.4 Å². The molecule has 0 aliphatic heterocycles. The number of aryl methyl sites for hydroxylation is 2. The van der Waals surface area contributed by atoms with E-state index in [1.165, 1.54) is 5.56 Å². The lowest BCUT2D eigenvalue weighted by Gasteiger charge is -2.04. The number of halogens is 1. The number of nitrogen functional groups attached to an aromatic ring is 1. The Morgan fingerprint density at radius 1 is 1.12 bits per heavy atom. The predicted molar refractivity (Wildman–Crippen MR) is 68.0 cm³/mol. The molecule has 3 nitrogen and oxygen atoms in total. The summed E-state index contributed by atoms with van der Waals surface area (Å²) in [7, 11) is 0. The summed E-state index contributed by atoms with van der Waals surface area (Å²) < 4.78 is 1.00. The third kappa shape index (κ3) is 2.79. The van der Waals surface area contributed by atoms with Crippen LogP contribution in [0.25, 0.3) is 0 Å². The SMILES string of the molecule is Nc1ccncc1CCc1cncc(Br)c1. The molecule has 2 aromatic rings. The summed E-state index contributed by atoms with van der Waals surface area (Å²) in [5.74, 6) is 0. The average molecular weight is 278 g/mol. The van der Waals surface area contributed by atoms with Gasteiger partial charge in [-0.1, -0.05) is 0 Å². The average Bonchev–Trinajstić information content (AvgIpc) is 2.28. The van der Waals surface area contributed by atoms with Crippen molar-refractivity contribution in [2.75, 3.05) is 5.73 Å². The molecule has 2 aromatic heterocycles. The van der Waals surface area contributed by atoms with Gasteiger partial charge in [0.25, 0.3) is 0 Å². The van der Waals surface area contributed by atoms with Crippen LogP contribution in [0.4, 0.5) is 5.69 Å². The maximum absolute atomic E-state index is 5.85. The normalized spacial score (nSPS) is 10.3.